The Kier molecular flexibility index (Phi) is 6.40. The minimum atomic E-state index is -0.203. The molecule has 1 saturated carbocycles. The predicted molar refractivity (Wildman–Crippen MR) is 108 cm³/mol. The van der Waals surface area contributed by atoms with Crippen molar-refractivity contribution in [3.8, 4) is 0 Å². The van der Waals surface area contributed by atoms with E-state index in [1.165, 1.54) is 31.4 Å². The first-order valence-corrected chi connectivity index (χ1v) is 10.3. The van der Waals surface area contributed by atoms with Crippen LogP contribution in [0.3, 0.4) is 0 Å². The number of amides is 1. The molecule has 1 saturated heterocycles. The number of nitrogens with one attached hydrogen (secondary N) is 1. The van der Waals surface area contributed by atoms with E-state index in [4.69, 9.17) is 0 Å². The zero-order chi connectivity index (χ0) is 19.4. The molecule has 2 aliphatic rings. The molecule has 0 radical (unpaired) electrons. The van der Waals surface area contributed by atoms with Crippen LogP contribution >= 0.6 is 0 Å². The minimum absolute atomic E-state index is 0.159. The Balaban J connectivity index is 1.47. The highest BCUT2D eigenvalue weighted by Gasteiger charge is 2.35. The zero-order valence-electron chi connectivity index (χ0n) is 17.0. The molecule has 3 rings (SSSR count). The van der Waals surface area contributed by atoms with Gasteiger partial charge < -0.3 is 10.2 Å². The molecule has 1 aromatic rings. The van der Waals surface area contributed by atoms with Gasteiger partial charge in [-0.1, -0.05) is 33.6 Å². The van der Waals surface area contributed by atoms with Gasteiger partial charge in [0, 0.05) is 37.9 Å². The van der Waals surface area contributed by atoms with Crippen LogP contribution in [-0.4, -0.2) is 49.6 Å². The monoisotopic (exact) mass is 375 g/mol. The summed E-state index contributed by atoms with van der Waals surface area (Å²) in [6, 6.07) is 6.98. The molecule has 150 valence electrons. The molecule has 4 nitrogen and oxygen atoms in total. The Morgan fingerprint density at radius 2 is 1.70 bits per heavy atom. The summed E-state index contributed by atoms with van der Waals surface area (Å²) in [5.41, 5.74) is 1.29. The Labute approximate surface area is 163 Å². The molecule has 1 aliphatic heterocycles. The lowest BCUT2D eigenvalue weighted by molar-refractivity contribution is -0.124. The number of nitrogens with zero attached hydrogens (tertiary/aromatic N) is 2. The van der Waals surface area contributed by atoms with Gasteiger partial charge >= 0.3 is 0 Å². The van der Waals surface area contributed by atoms with Gasteiger partial charge in [0.05, 0.1) is 6.54 Å². The van der Waals surface area contributed by atoms with E-state index in [9.17, 15) is 9.18 Å². The van der Waals surface area contributed by atoms with Crippen molar-refractivity contribution in [2.24, 2.45) is 11.3 Å². The number of anilines is 1. The maximum atomic E-state index is 13.1. The molecule has 1 amide bonds. The van der Waals surface area contributed by atoms with Crippen molar-refractivity contribution >= 4 is 11.6 Å². The average Bonchev–Trinajstić information content (AvgIpc) is 2.62. The van der Waals surface area contributed by atoms with Crippen LogP contribution < -0.4 is 10.2 Å². The summed E-state index contributed by atoms with van der Waals surface area (Å²) in [6.45, 7) is 10.8. The maximum Gasteiger partial charge on any atom is 0.234 e. The van der Waals surface area contributed by atoms with Crippen molar-refractivity contribution in [2.45, 2.75) is 52.5 Å². The van der Waals surface area contributed by atoms with Crippen LogP contribution in [0.5, 0.6) is 0 Å². The molecule has 27 heavy (non-hydrogen) atoms. The second-order valence-corrected chi connectivity index (χ2v) is 9.17. The topological polar surface area (TPSA) is 35.6 Å². The third-order valence-corrected chi connectivity index (χ3v) is 6.16. The van der Waals surface area contributed by atoms with Crippen molar-refractivity contribution in [1.29, 1.82) is 0 Å². The first-order chi connectivity index (χ1) is 12.8. The van der Waals surface area contributed by atoms with Crippen molar-refractivity contribution in [3.05, 3.63) is 30.1 Å². The summed E-state index contributed by atoms with van der Waals surface area (Å²) in [6.07, 6.45) is 4.81. The quantitative estimate of drug-likeness (QED) is 0.872. The van der Waals surface area contributed by atoms with Gasteiger partial charge in [-0.2, -0.15) is 0 Å². The zero-order valence-corrected chi connectivity index (χ0v) is 17.0. The maximum absolute atomic E-state index is 13.1. The molecular formula is C22H34FN3O. The van der Waals surface area contributed by atoms with Crippen LogP contribution in [-0.2, 0) is 4.79 Å². The SMILES string of the molecule is CC(C)(C)[C@@H]1CCCC[C@H]1NC(=O)CN1CCN(c2ccc(F)cc2)CC1. The van der Waals surface area contributed by atoms with Crippen molar-refractivity contribution in [2.75, 3.05) is 37.6 Å². The van der Waals surface area contributed by atoms with E-state index in [0.717, 1.165) is 38.3 Å². The van der Waals surface area contributed by atoms with Gasteiger partial charge in [-0.05, 0) is 48.4 Å². The Hall–Kier alpha value is -1.62. The molecule has 0 bridgehead atoms. The molecule has 2 atom stereocenters. The number of piperazine rings is 1. The molecule has 0 aromatic heterocycles. The minimum Gasteiger partial charge on any atom is -0.369 e. The summed E-state index contributed by atoms with van der Waals surface area (Å²) >= 11 is 0. The molecule has 1 aromatic carbocycles. The highest BCUT2D eigenvalue weighted by Crippen LogP contribution is 2.37. The van der Waals surface area contributed by atoms with Crippen LogP contribution in [0.25, 0.3) is 0 Å². The molecule has 0 unspecified atom stereocenters. The second-order valence-electron chi connectivity index (χ2n) is 9.17. The third kappa shape index (κ3) is 5.44. The number of halogens is 1. The molecule has 1 aliphatic carbocycles. The third-order valence-electron chi connectivity index (χ3n) is 6.16. The standard InChI is InChI=1S/C22H34FN3O/c1-22(2,3)19-6-4-5-7-20(19)24-21(27)16-25-12-14-26(15-13-25)18-10-8-17(23)9-11-18/h8-11,19-20H,4-7,12-16H2,1-3H3,(H,24,27)/t19-,20-/m1/s1. The Morgan fingerprint density at radius 3 is 2.33 bits per heavy atom. The van der Waals surface area contributed by atoms with Gasteiger partial charge in [-0.25, -0.2) is 4.39 Å². The fourth-order valence-electron chi connectivity index (χ4n) is 4.61. The fourth-order valence-corrected chi connectivity index (χ4v) is 4.61. The number of hydrogen-bond donors (Lipinski definition) is 1. The summed E-state index contributed by atoms with van der Waals surface area (Å²) in [5, 5.41) is 3.34. The molecule has 2 fully saturated rings. The number of carbonyl (C=O) groups excluding carboxylic acids is 1. The van der Waals surface area contributed by atoms with E-state index in [1.54, 1.807) is 0 Å². The first-order valence-electron chi connectivity index (χ1n) is 10.3. The smallest absolute Gasteiger partial charge is 0.234 e. The largest absolute Gasteiger partial charge is 0.369 e. The normalized spacial score (nSPS) is 24.7. The van der Waals surface area contributed by atoms with Crippen molar-refractivity contribution in [1.82, 2.24) is 10.2 Å². The molecule has 0 spiro atoms. The van der Waals surface area contributed by atoms with Gasteiger partial charge in [-0.15, -0.1) is 0 Å². The van der Waals surface area contributed by atoms with Crippen LogP contribution in [0.4, 0.5) is 10.1 Å². The highest BCUT2D eigenvalue weighted by atomic mass is 19.1. The van der Waals surface area contributed by atoms with E-state index >= 15 is 0 Å². The van der Waals surface area contributed by atoms with Gasteiger partial charge in [0.25, 0.3) is 0 Å². The summed E-state index contributed by atoms with van der Waals surface area (Å²) in [7, 11) is 0. The predicted octanol–water partition coefficient (Wildman–Crippen LogP) is 3.67. The van der Waals surface area contributed by atoms with Crippen molar-refractivity contribution in [3.63, 3.8) is 0 Å². The van der Waals surface area contributed by atoms with E-state index < -0.39 is 0 Å². The lowest BCUT2D eigenvalue weighted by Crippen LogP contribution is -2.52. The Bertz CT molecular complexity index is 617. The van der Waals surface area contributed by atoms with E-state index in [-0.39, 0.29) is 17.1 Å². The second kappa shape index (κ2) is 8.59. The number of hydrogen-bond acceptors (Lipinski definition) is 3. The summed E-state index contributed by atoms with van der Waals surface area (Å²) in [4.78, 5) is 17.1. The fraction of sp³-hybridized carbons (Fsp3) is 0.682. The van der Waals surface area contributed by atoms with Gasteiger partial charge in [0.2, 0.25) is 5.91 Å². The van der Waals surface area contributed by atoms with Crippen LogP contribution in [0.2, 0.25) is 0 Å². The molecule has 5 heteroatoms. The molecule has 1 heterocycles. The van der Waals surface area contributed by atoms with Crippen LogP contribution in [0.1, 0.15) is 46.5 Å². The summed E-state index contributed by atoms with van der Waals surface area (Å²) < 4.78 is 13.1. The molecule has 1 N–H and O–H groups in total. The van der Waals surface area contributed by atoms with E-state index in [0.29, 0.717) is 18.5 Å². The average molecular weight is 376 g/mol. The lowest BCUT2D eigenvalue weighted by atomic mass is 9.69. The van der Waals surface area contributed by atoms with Gasteiger partial charge in [-0.3, -0.25) is 9.69 Å². The summed E-state index contributed by atoms with van der Waals surface area (Å²) in [5.74, 6) is 0.516. The van der Waals surface area contributed by atoms with Crippen molar-refractivity contribution < 1.29 is 9.18 Å². The van der Waals surface area contributed by atoms with Gasteiger partial charge in [0.15, 0.2) is 0 Å². The van der Waals surface area contributed by atoms with Crippen LogP contribution in [0, 0.1) is 17.2 Å². The number of carbonyl (C=O) groups is 1. The number of benzene rings is 1. The first kappa shape index (κ1) is 20.1. The molecular weight excluding hydrogens is 341 g/mol. The highest BCUT2D eigenvalue weighted by molar-refractivity contribution is 5.78. The van der Waals surface area contributed by atoms with Crippen LogP contribution in [0.15, 0.2) is 24.3 Å². The van der Waals surface area contributed by atoms with Gasteiger partial charge in [0.1, 0.15) is 5.82 Å². The number of rotatable bonds is 4. The van der Waals surface area contributed by atoms with E-state index in [1.807, 2.05) is 12.1 Å². The lowest BCUT2D eigenvalue weighted by Gasteiger charge is -2.41. The van der Waals surface area contributed by atoms with E-state index in [2.05, 4.69) is 35.9 Å². The Morgan fingerprint density at radius 1 is 1.07 bits per heavy atom.